The second kappa shape index (κ2) is 10.2. The summed E-state index contributed by atoms with van der Waals surface area (Å²) >= 11 is 5.81. The summed E-state index contributed by atoms with van der Waals surface area (Å²) in [4.78, 5) is 25.6. The smallest absolute Gasteiger partial charge is 0.238 e. The highest BCUT2D eigenvalue weighted by atomic mass is 35.5. The van der Waals surface area contributed by atoms with Gasteiger partial charge < -0.3 is 10.6 Å². The molecule has 2 N–H and O–H groups in total. The van der Waals surface area contributed by atoms with Crippen LogP contribution in [0.1, 0.15) is 32.1 Å². The van der Waals surface area contributed by atoms with Crippen molar-refractivity contribution in [1.82, 2.24) is 10.2 Å². The lowest BCUT2D eigenvalue weighted by atomic mass is 9.97. The number of anilines is 1. The van der Waals surface area contributed by atoms with E-state index in [1.54, 1.807) is 36.2 Å². The van der Waals surface area contributed by atoms with Gasteiger partial charge in [-0.05, 0) is 63.4 Å². The Morgan fingerprint density at radius 1 is 1.12 bits per heavy atom. The van der Waals surface area contributed by atoms with Crippen molar-refractivity contribution in [1.29, 1.82) is 0 Å². The molecule has 2 amide bonds. The number of hydrogen-bond acceptors (Lipinski definition) is 3. The lowest BCUT2D eigenvalue weighted by Gasteiger charge is -2.17. The van der Waals surface area contributed by atoms with E-state index in [4.69, 9.17) is 11.6 Å². The molecule has 0 atom stereocenters. The minimum Gasteiger partial charge on any atom is -0.355 e. The van der Waals surface area contributed by atoms with Crippen LogP contribution in [-0.2, 0) is 9.59 Å². The molecule has 5 nitrogen and oxygen atoms in total. The molecule has 1 aliphatic rings. The van der Waals surface area contributed by atoms with Crippen LogP contribution in [-0.4, -0.2) is 43.4 Å². The Labute approximate surface area is 154 Å². The van der Waals surface area contributed by atoms with Gasteiger partial charge in [-0.15, -0.1) is 0 Å². The maximum absolute atomic E-state index is 12.0. The van der Waals surface area contributed by atoms with Gasteiger partial charge in [0.2, 0.25) is 11.8 Å². The van der Waals surface area contributed by atoms with Crippen molar-refractivity contribution in [2.75, 3.05) is 32.0 Å². The molecule has 25 heavy (non-hydrogen) atoms. The highest BCUT2D eigenvalue weighted by Crippen LogP contribution is 2.19. The summed E-state index contributed by atoms with van der Waals surface area (Å²) in [5.41, 5.74) is 2.13. The van der Waals surface area contributed by atoms with Crippen molar-refractivity contribution in [3.8, 4) is 0 Å². The highest BCUT2D eigenvalue weighted by Gasteiger charge is 2.11. The van der Waals surface area contributed by atoms with Gasteiger partial charge in [-0.3, -0.25) is 14.5 Å². The van der Waals surface area contributed by atoms with Crippen molar-refractivity contribution in [3.05, 3.63) is 40.9 Å². The summed E-state index contributed by atoms with van der Waals surface area (Å²) in [7, 11) is 1.75. The first-order valence-electron chi connectivity index (χ1n) is 8.71. The van der Waals surface area contributed by atoms with Crippen LogP contribution in [0.25, 0.3) is 0 Å². The number of nitrogens with zero attached hydrogens (tertiary/aromatic N) is 1. The van der Waals surface area contributed by atoms with E-state index >= 15 is 0 Å². The van der Waals surface area contributed by atoms with E-state index in [-0.39, 0.29) is 24.9 Å². The molecule has 1 aromatic carbocycles. The van der Waals surface area contributed by atoms with E-state index in [0.29, 0.717) is 17.3 Å². The highest BCUT2D eigenvalue weighted by molar-refractivity contribution is 6.30. The molecule has 0 aliphatic heterocycles. The van der Waals surface area contributed by atoms with E-state index in [0.717, 1.165) is 19.3 Å². The van der Waals surface area contributed by atoms with Gasteiger partial charge in [0.15, 0.2) is 0 Å². The molecule has 1 aromatic rings. The largest absolute Gasteiger partial charge is 0.355 e. The fourth-order valence-electron chi connectivity index (χ4n) is 2.83. The molecule has 0 saturated heterocycles. The summed E-state index contributed by atoms with van der Waals surface area (Å²) in [6.07, 6.45) is 8.06. The maximum Gasteiger partial charge on any atom is 0.238 e. The quantitative estimate of drug-likeness (QED) is 0.697. The van der Waals surface area contributed by atoms with Crippen molar-refractivity contribution in [3.63, 3.8) is 0 Å². The third kappa shape index (κ3) is 7.71. The monoisotopic (exact) mass is 363 g/mol. The van der Waals surface area contributed by atoms with Crippen LogP contribution in [0, 0.1) is 0 Å². The Morgan fingerprint density at radius 3 is 2.52 bits per heavy atom. The van der Waals surface area contributed by atoms with Crippen LogP contribution in [0.15, 0.2) is 35.9 Å². The number of carbonyl (C=O) groups is 2. The minimum atomic E-state index is -0.162. The Morgan fingerprint density at radius 2 is 1.84 bits per heavy atom. The predicted molar refractivity (Wildman–Crippen MR) is 102 cm³/mol. The van der Waals surface area contributed by atoms with Gasteiger partial charge >= 0.3 is 0 Å². The third-order valence-corrected chi connectivity index (χ3v) is 4.36. The zero-order chi connectivity index (χ0) is 18.1. The number of likely N-dealkylation sites (N-methyl/N-ethyl adjacent to an activating group) is 1. The lowest BCUT2D eigenvalue weighted by Crippen LogP contribution is -2.39. The van der Waals surface area contributed by atoms with Gasteiger partial charge in [-0.2, -0.15) is 0 Å². The average molecular weight is 364 g/mol. The van der Waals surface area contributed by atoms with E-state index in [1.165, 1.54) is 18.4 Å². The fourth-order valence-corrected chi connectivity index (χ4v) is 2.96. The van der Waals surface area contributed by atoms with Gasteiger partial charge in [0, 0.05) is 17.3 Å². The molecule has 0 saturated carbocycles. The number of benzene rings is 1. The summed E-state index contributed by atoms with van der Waals surface area (Å²) in [5, 5.41) is 6.32. The molecule has 136 valence electrons. The molecule has 0 unspecified atom stereocenters. The number of hydrogen-bond donors (Lipinski definition) is 2. The second-order valence-electron chi connectivity index (χ2n) is 6.44. The van der Waals surface area contributed by atoms with E-state index in [2.05, 4.69) is 16.7 Å². The summed E-state index contributed by atoms with van der Waals surface area (Å²) in [6, 6.07) is 6.92. The number of nitrogens with one attached hydrogen (secondary N) is 2. The number of allylic oxidation sites excluding steroid dienone is 1. The number of halogens is 1. The van der Waals surface area contributed by atoms with Crippen molar-refractivity contribution in [2.45, 2.75) is 32.1 Å². The Balaban J connectivity index is 1.63. The molecule has 0 heterocycles. The fraction of sp³-hybridized carbons (Fsp3) is 0.474. The first-order chi connectivity index (χ1) is 12.0. The van der Waals surface area contributed by atoms with Gasteiger partial charge in [0.05, 0.1) is 13.1 Å². The topological polar surface area (TPSA) is 61.4 Å². The molecule has 0 bridgehead atoms. The SMILES string of the molecule is CN(CC(=O)NCCC1=CCCCC1)CC(=O)Nc1ccc(Cl)cc1. The zero-order valence-electron chi connectivity index (χ0n) is 14.7. The zero-order valence-corrected chi connectivity index (χ0v) is 15.4. The van der Waals surface area contributed by atoms with Gasteiger partial charge in [-0.1, -0.05) is 23.3 Å². The molecule has 0 spiro atoms. The average Bonchev–Trinajstić information content (AvgIpc) is 2.57. The first-order valence-corrected chi connectivity index (χ1v) is 9.09. The summed E-state index contributed by atoms with van der Waals surface area (Å²) < 4.78 is 0. The standard InChI is InChI=1S/C19H26ClN3O2/c1-23(14-19(25)22-17-9-7-16(20)8-10-17)13-18(24)21-12-11-15-5-3-2-4-6-15/h5,7-10H,2-4,6,11-14H2,1H3,(H,21,24)(H,22,25). The molecule has 2 rings (SSSR count). The summed E-state index contributed by atoms with van der Waals surface area (Å²) in [6.45, 7) is 1.02. The van der Waals surface area contributed by atoms with Crippen molar-refractivity contribution < 1.29 is 9.59 Å². The Bertz CT molecular complexity index is 614. The van der Waals surface area contributed by atoms with Crippen LogP contribution in [0.3, 0.4) is 0 Å². The molecule has 6 heteroatoms. The van der Waals surface area contributed by atoms with Crippen molar-refractivity contribution in [2.24, 2.45) is 0 Å². The lowest BCUT2D eigenvalue weighted by molar-refractivity contribution is -0.122. The van der Waals surface area contributed by atoms with Crippen LogP contribution in [0.4, 0.5) is 5.69 Å². The van der Waals surface area contributed by atoms with E-state index in [9.17, 15) is 9.59 Å². The van der Waals surface area contributed by atoms with Crippen LogP contribution in [0.2, 0.25) is 5.02 Å². The predicted octanol–water partition coefficient (Wildman–Crippen LogP) is 3.22. The summed E-state index contributed by atoms with van der Waals surface area (Å²) in [5.74, 6) is -0.219. The van der Waals surface area contributed by atoms with Crippen molar-refractivity contribution >= 4 is 29.1 Å². The number of rotatable bonds is 8. The van der Waals surface area contributed by atoms with Crippen LogP contribution in [0.5, 0.6) is 0 Å². The second-order valence-corrected chi connectivity index (χ2v) is 6.87. The molecule has 0 radical (unpaired) electrons. The maximum atomic E-state index is 12.0. The minimum absolute atomic E-state index is 0.0572. The number of amides is 2. The number of carbonyl (C=O) groups excluding carboxylic acids is 2. The Kier molecular flexibility index (Phi) is 7.95. The molecular formula is C19H26ClN3O2. The van der Waals surface area contributed by atoms with Gasteiger partial charge in [0.25, 0.3) is 0 Å². The molecular weight excluding hydrogens is 338 g/mol. The van der Waals surface area contributed by atoms with Crippen LogP contribution >= 0.6 is 11.6 Å². The first kappa shape index (κ1) is 19.5. The molecule has 0 aromatic heterocycles. The van der Waals surface area contributed by atoms with E-state index < -0.39 is 0 Å². The normalized spacial score (nSPS) is 14.1. The van der Waals surface area contributed by atoms with Crippen LogP contribution < -0.4 is 10.6 Å². The van der Waals surface area contributed by atoms with Gasteiger partial charge in [0.1, 0.15) is 0 Å². The molecule has 1 aliphatic carbocycles. The Hall–Kier alpha value is -1.85. The third-order valence-electron chi connectivity index (χ3n) is 4.11. The van der Waals surface area contributed by atoms with E-state index in [1.807, 2.05) is 0 Å². The molecule has 0 fully saturated rings. The van der Waals surface area contributed by atoms with Gasteiger partial charge in [-0.25, -0.2) is 0 Å².